The minimum Gasteiger partial charge on any atom is -0.320 e. The Kier molecular flexibility index (Phi) is 4.89. The molecular weight excluding hydrogens is 324 g/mol. The Hall–Kier alpha value is -2.95. The van der Waals surface area contributed by atoms with Crippen molar-refractivity contribution in [3.8, 4) is 5.69 Å². The Labute approximate surface area is 154 Å². The van der Waals surface area contributed by atoms with E-state index in [1.807, 2.05) is 51.1 Å². The van der Waals surface area contributed by atoms with Crippen molar-refractivity contribution in [2.24, 2.45) is 0 Å². The van der Waals surface area contributed by atoms with E-state index in [9.17, 15) is 4.79 Å². The number of hydrogen-bond donors (Lipinski definition) is 1. The van der Waals surface area contributed by atoms with E-state index in [1.54, 1.807) is 4.68 Å². The van der Waals surface area contributed by atoms with Crippen molar-refractivity contribution in [2.45, 2.75) is 40.5 Å². The summed E-state index contributed by atoms with van der Waals surface area (Å²) in [4.78, 5) is 12.7. The second-order valence-electron chi connectivity index (χ2n) is 6.95. The minimum atomic E-state index is -0.249. The van der Waals surface area contributed by atoms with E-state index in [-0.39, 0.29) is 5.91 Å². The molecule has 0 unspecified atom stereocenters. The molecule has 3 rings (SSSR count). The molecule has 0 fully saturated rings. The third kappa shape index (κ3) is 3.52. The van der Waals surface area contributed by atoms with E-state index >= 15 is 0 Å². The van der Waals surface area contributed by atoms with Crippen molar-refractivity contribution in [1.29, 1.82) is 0 Å². The van der Waals surface area contributed by atoms with Crippen molar-refractivity contribution in [3.05, 3.63) is 70.5 Å². The molecule has 5 heteroatoms. The van der Waals surface area contributed by atoms with Crippen molar-refractivity contribution in [2.75, 3.05) is 5.32 Å². The number of aryl methyl sites for hydroxylation is 2. The molecule has 0 radical (unpaired) electrons. The molecule has 0 saturated heterocycles. The summed E-state index contributed by atoms with van der Waals surface area (Å²) in [6.07, 6.45) is 0. The first-order chi connectivity index (χ1) is 12.4. The first-order valence-corrected chi connectivity index (χ1v) is 8.78. The standard InChI is InChI=1S/C21H24N4O/c1-13(2)17-8-10-18(11-9-17)25-16(5)20(23-24-25)21(26)22-19-12-14(3)6-7-15(19)4/h6-13H,1-5H3,(H,22,26). The van der Waals surface area contributed by atoms with Gasteiger partial charge >= 0.3 is 0 Å². The molecule has 0 bridgehead atoms. The number of nitrogens with one attached hydrogen (secondary N) is 1. The zero-order valence-corrected chi connectivity index (χ0v) is 15.9. The lowest BCUT2D eigenvalue weighted by Gasteiger charge is -2.09. The summed E-state index contributed by atoms with van der Waals surface area (Å²) >= 11 is 0. The van der Waals surface area contributed by atoms with Crippen LogP contribution in [-0.4, -0.2) is 20.9 Å². The van der Waals surface area contributed by atoms with E-state index in [1.165, 1.54) is 5.56 Å². The summed E-state index contributed by atoms with van der Waals surface area (Å²) in [7, 11) is 0. The van der Waals surface area contributed by atoms with E-state index in [0.717, 1.165) is 22.5 Å². The van der Waals surface area contributed by atoms with E-state index in [0.29, 0.717) is 17.3 Å². The van der Waals surface area contributed by atoms with Gasteiger partial charge in [-0.2, -0.15) is 0 Å². The maximum absolute atomic E-state index is 12.7. The molecule has 0 atom stereocenters. The van der Waals surface area contributed by atoms with Gasteiger partial charge in [-0.25, -0.2) is 4.68 Å². The van der Waals surface area contributed by atoms with Crippen molar-refractivity contribution in [3.63, 3.8) is 0 Å². The molecule has 0 spiro atoms. The fraction of sp³-hybridized carbons (Fsp3) is 0.286. The van der Waals surface area contributed by atoms with E-state index in [4.69, 9.17) is 0 Å². The van der Waals surface area contributed by atoms with Gasteiger partial charge in [0.2, 0.25) is 0 Å². The topological polar surface area (TPSA) is 59.8 Å². The summed E-state index contributed by atoms with van der Waals surface area (Å²) in [5.41, 5.74) is 6.11. The van der Waals surface area contributed by atoms with Crippen LogP contribution in [0, 0.1) is 20.8 Å². The normalized spacial score (nSPS) is 11.0. The van der Waals surface area contributed by atoms with Gasteiger partial charge in [0, 0.05) is 5.69 Å². The highest BCUT2D eigenvalue weighted by atomic mass is 16.2. The third-order valence-corrected chi connectivity index (χ3v) is 4.56. The quantitative estimate of drug-likeness (QED) is 0.751. The van der Waals surface area contributed by atoms with Gasteiger partial charge in [-0.1, -0.05) is 43.3 Å². The summed E-state index contributed by atoms with van der Waals surface area (Å²) in [5.74, 6) is 0.223. The maximum Gasteiger partial charge on any atom is 0.278 e. The molecule has 26 heavy (non-hydrogen) atoms. The lowest BCUT2D eigenvalue weighted by molar-refractivity contribution is 0.102. The smallest absolute Gasteiger partial charge is 0.278 e. The van der Waals surface area contributed by atoms with Crippen LogP contribution in [0.5, 0.6) is 0 Å². The highest BCUT2D eigenvalue weighted by molar-refractivity contribution is 6.04. The van der Waals surface area contributed by atoms with Crippen molar-refractivity contribution >= 4 is 11.6 Å². The van der Waals surface area contributed by atoms with Crippen LogP contribution >= 0.6 is 0 Å². The summed E-state index contributed by atoms with van der Waals surface area (Å²) in [6.45, 7) is 10.1. The Morgan fingerprint density at radius 1 is 1.04 bits per heavy atom. The molecule has 1 heterocycles. The molecule has 0 aliphatic rings. The average molecular weight is 348 g/mol. The highest BCUT2D eigenvalue weighted by Gasteiger charge is 2.18. The van der Waals surface area contributed by atoms with Crippen LogP contribution in [0.1, 0.15) is 52.6 Å². The molecule has 1 aromatic heterocycles. The third-order valence-electron chi connectivity index (χ3n) is 4.56. The van der Waals surface area contributed by atoms with E-state index in [2.05, 4.69) is 41.6 Å². The molecule has 3 aromatic rings. The van der Waals surface area contributed by atoms with Gasteiger partial charge in [0.1, 0.15) is 0 Å². The van der Waals surface area contributed by atoms with Gasteiger partial charge in [0.25, 0.3) is 5.91 Å². The van der Waals surface area contributed by atoms with Crippen LogP contribution < -0.4 is 5.32 Å². The summed E-state index contributed by atoms with van der Waals surface area (Å²) in [5, 5.41) is 11.2. The Bertz CT molecular complexity index is 939. The molecular formula is C21H24N4O. The Morgan fingerprint density at radius 2 is 1.73 bits per heavy atom. The fourth-order valence-corrected chi connectivity index (χ4v) is 2.84. The van der Waals surface area contributed by atoms with Crippen molar-refractivity contribution in [1.82, 2.24) is 15.0 Å². The molecule has 0 aliphatic heterocycles. The second-order valence-corrected chi connectivity index (χ2v) is 6.95. The summed E-state index contributed by atoms with van der Waals surface area (Å²) < 4.78 is 1.70. The molecule has 0 aliphatic carbocycles. The zero-order chi connectivity index (χ0) is 18.8. The largest absolute Gasteiger partial charge is 0.320 e. The van der Waals surface area contributed by atoms with Crippen LogP contribution in [0.15, 0.2) is 42.5 Å². The predicted molar refractivity (Wildman–Crippen MR) is 104 cm³/mol. The lowest BCUT2D eigenvalue weighted by Crippen LogP contribution is -2.15. The molecule has 5 nitrogen and oxygen atoms in total. The van der Waals surface area contributed by atoms with Crippen LogP contribution in [-0.2, 0) is 0 Å². The second kappa shape index (κ2) is 7.12. The molecule has 2 aromatic carbocycles. The number of anilines is 1. The van der Waals surface area contributed by atoms with E-state index < -0.39 is 0 Å². The van der Waals surface area contributed by atoms with Gasteiger partial charge in [0.15, 0.2) is 5.69 Å². The first kappa shape index (κ1) is 17.9. The predicted octanol–water partition coefficient (Wildman–Crippen LogP) is 4.57. The number of amides is 1. The fourth-order valence-electron chi connectivity index (χ4n) is 2.84. The maximum atomic E-state index is 12.7. The zero-order valence-electron chi connectivity index (χ0n) is 15.9. The van der Waals surface area contributed by atoms with Crippen LogP contribution in [0.3, 0.4) is 0 Å². The number of hydrogen-bond acceptors (Lipinski definition) is 3. The molecule has 1 amide bonds. The molecule has 134 valence electrons. The number of rotatable bonds is 4. The SMILES string of the molecule is Cc1ccc(C)c(NC(=O)c2nnn(-c3ccc(C(C)C)cc3)c2C)c1. The Balaban J connectivity index is 1.86. The first-order valence-electron chi connectivity index (χ1n) is 8.78. The van der Waals surface area contributed by atoms with Crippen LogP contribution in [0.2, 0.25) is 0 Å². The van der Waals surface area contributed by atoms with Gasteiger partial charge in [-0.05, 0) is 61.6 Å². The summed E-state index contributed by atoms with van der Waals surface area (Å²) in [6, 6.07) is 14.1. The monoisotopic (exact) mass is 348 g/mol. The van der Waals surface area contributed by atoms with Gasteiger partial charge in [-0.15, -0.1) is 5.10 Å². The van der Waals surface area contributed by atoms with Crippen LogP contribution in [0.4, 0.5) is 5.69 Å². The number of aromatic nitrogens is 3. The number of benzene rings is 2. The van der Waals surface area contributed by atoms with Gasteiger partial charge < -0.3 is 5.32 Å². The number of carbonyl (C=O) groups excluding carboxylic acids is 1. The number of carbonyl (C=O) groups is 1. The molecule has 1 N–H and O–H groups in total. The Morgan fingerprint density at radius 3 is 2.38 bits per heavy atom. The van der Waals surface area contributed by atoms with Crippen molar-refractivity contribution < 1.29 is 4.79 Å². The number of nitrogens with zero attached hydrogens (tertiary/aromatic N) is 3. The highest BCUT2D eigenvalue weighted by Crippen LogP contribution is 2.20. The van der Waals surface area contributed by atoms with Gasteiger partial charge in [-0.3, -0.25) is 4.79 Å². The average Bonchev–Trinajstić information content (AvgIpc) is 3.00. The molecule has 0 saturated carbocycles. The van der Waals surface area contributed by atoms with Gasteiger partial charge in [0.05, 0.1) is 11.4 Å². The minimum absolute atomic E-state index is 0.249. The van der Waals surface area contributed by atoms with Crippen LogP contribution in [0.25, 0.3) is 5.69 Å². The lowest BCUT2D eigenvalue weighted by atomic mass is 10.0.